The summed E-state index contributed by atoms with van der Waals surface area (Å²) in [6.07, 6.45) is 2.35. The van der Waals surface area contributed by atoms with E-state index in [1.807, 2.05) is 0 Å². The molecule has 1 aliphatic rings. The van der Waals surface area contributed by atoms with Crippen molar-refractivity contribution in [2.75, 3.05) is 33.3 Å². The van der Waals surface area contributed by atoms with Gasteiger partial charge < -0.3 is 15.0 Å². The van der Waals surface area contributed by atoms with Crippen LogP contribution in [0.2, 0.25) is 0 Å². The first-order chi connectivity index (χ1) is 10.6. The van der Waals surface area contributed by atoms with Gasteiger partial charge in [-0.05, 0) is 30.9 Å². The third-order valence-electron chi connectivity index (χ3n) is 3.84. The number of aliphatic imine (C=N–C) groups is 1. The smallest absolute Gasteiger partial charge is 0.193 e. The van der Waals surface area contributed by atoms with Gasteiger partial charge in [0.15, 0.2) is 17.6 Å². The Morgan fingerprint density at radius 2 is 2.00 bits per heavy atom. The van der Waals surface area contributed by atoms with Crippen molar-refractivity contribution in [3.05, 3.63) is 29.8 Å². The van der Waals surface area contributed by atoms with Gasteiger partial charge in [0.1, 0.15) is 12.4 Å². The minimum Gasteiger partial charge on any atom is -0.492 e. The number of piperidine rings is 1. The Morgan fingerprint density at radius 3 is 2.61 bits per heavy atom. The van der Waals surface area contributed by atoms with Crippen LogP contribution in [0.25, 0.3) is 0 Å². The molecule has 4 nitrogen and oxygen atoms in total. The molecule has 1 fully saturated rings. The van der Waals surface area contributed by atoms with Crippen molar-refractivity contribution >= 4 is 29.9 Å². The first-order valence-electron chi connectivity index (χ1n) is 7.63. The number of likely N-dealkylation sites (tertiary alicyclic amines) is 1. The Bertz CT molecular complexity index is 520. The summed E-state index contributed by atoms with van der Waals surface area (Å²) in [6.45, 7) is 5.19. The zero-order chi connectivity index (χ0) is 15.9. The predicted molar refractivity (Wildman–Crippen MR) is 98.6 cm³/mol. The largest absolute Gasteiger partial charge is 0.492 e. The van der Waals surface area contributed by atoms with E-state index < -0.39 is 11.6 Å². The summed E-state index contributed by atoms with van der Waals surface area (Å²) in [5.74, 6) is 0.184. The molecule has 1 N–H and O–H groups in total. The van der Waals surface area contributed by atoms with Gasteiger partial charge in [0.05, 0.1) is 6.54 Å². The molecule has 1 aromatic rings. The second-order valence-electron chi connectivity index (χ2n) is 5.57. The van der Waals surface area contributed by atoms with Crippen LogP contribution in [0.3, 0.4) is 0 Å². The molecule has 1 saturated heterocycles. The Morgan fingerprint density at radius 1 is 1.30 bits per heavy atom. The highest BCUT2D eigenvalue weighted by molar-refractivity contribution is 14.0. The molecule has 1 heterocycles. The maximum Gasteiger partial charge on any atom is 0.193 e. The molecule has 23 heavy (non-hydrogen) atoms. The molecule has 0 aliphatic carbocycles. The van der Waals surface area contributed by atoms with Gasteiger partial charge in [0, 0.05) is 26.2 Å². The Balaban J connectivity index is 0.00000264. The van der Waals surface area contributed by atoms with E-state index in [-0.39, 0.29) is 24.0 Å². The summed E-state index contributed by atoms with van der Waals surface area (Å²) in [7, 11) is 1.76. The Kier molecular flexibility index (Phi) is 8.57. The SMILES string of the molecule is CN=C(NCCOc1ccc(F)c(F)c1)N1CCC(C)CC1.I. The van der Waals surface area contributed by atoms with Crippen LogP contribution in [0.1, 0.15) is 19.8 Å². The van der Waals surface area contributed by atoms with E-state index in [4.69, 9.17) is 4.74 Å². The molecule has 0 bridgehead atoms. The number of hydrogen-bond donors (Lipinski definition) is 1. The van der Waals surface area contributed by atoms with Crippen molar-refractivity contribution in [1.82, 2.24) is 10.2 Å². The van der Waals surface area contributed by atoms with Crippen LogP contribution >= 0.6 is 24.0 Å². The van der Waals surface area contributed by atoms with E-state index in [1.54, 1.807) is 7.05 Å². The highest BCUT2D eigenvalue weighted by Gasteiger charge is 2.18. The Hall–Kier alpha value is -1.12. The first kappa shape index (κ1) is 19.9. The minimum absolute atomic E-state index is 0. The zero-order valence-electron chi connectivity index (χ0n) is 13.5. The van der Waals surface area contributed by atoms with Gasteiger partial charge >= 0.3 is 0 Å². The molecule has 7 heteroatoms. The third-order valence-corrected chi connectivity index (χ3v) is 3.84. The van der Waals surface area contributed by atoms with Crippen LogP contribution in [0.5, 0.6) is 5.75 Å². The molecule has 0 aromatic heterocycles. The highest BCUT2D eigenvalue weighted by atomic mass is 127. The minimum atomic E-state index is -0.899. The van der Waals surface area contributed by atoms with Gasteiger partial charge in [0.2, 0.25) is 0 Å². The van der Waals surface area contributed by atoms with Crippen LogP contribution in [0.4, 0.5) is 8.78 Å². The highest BCUT2D eigenvalue weighted by Crippen LogP contribution is 2.16. The molecule has 0 saturated carbocycles. The second-order valence-corrected chi connectivity index (χ2v) is 5.57. The van der Waals surface area contributed by atoms with Crippen LogP contribution in [0, 0.1) is 17.6 Å². The molecule has 2 rings (SSSR count). The number of ether oxygens (including phenoxy) is 1. The number of halogens is 3. The molecule has 130 valence electrons. The lowest BCUT2D eigenvalue weighted by atomic mass is 10.00. The fourth-order valence-corrected chi connectivity index (χ4v) is 2.45. The van der Waals surface area contributed by atoms with Gasteiger partial charge in [-0.15, -0.1) is 24.0 Å². The quantitative estimate of drug-likeness (QED) is 0.339. The van der Waals surface area contributed by atoms with E-state index in [9.17, 15) is 8.78 Å². The second kappa shape index (κ2) is 9.89. The Labute approximate surface area is 153 Å². The molecule has 0 spiro atoms. The van der Waals surface area contributed by atoms with Crippen molar-refractivity contribution in [2.45, 2.75) is 19.8 Å². The van der Waals surface area contributed by atoms with Crippen molar-refractivity contribution in [3.63, 3.8) is 0 Å². The number of hydrogen-bond acceptors (Lipinski definition) is 2. The summed E-state index contributed by atoms with van der Waals surface area (Å²) in [4.78, 5) is 6.51. The molecular formula is C16H24F2IN3O. The molecule has 1 aromatic carbocycles. The van der Waals surface area contributed by atoms with Crippen molar-refractivity contribution in [3.8, 4) is 5.75 Å². The molecule has 0 radical (unpaired) electrons. The van der Waals surface area contributed by atoms with E-state index in [2.05, 4.69) is 22.1 Å². The lowest BCUT2D eigenvalue weighted by molar-refractivity contribution is 0.269. The number of rotatable bonds is 4. The van der Waals surface area contributed by atoms with Crippen molar-refractivity contribution in [1.29, 1.82) is 0 Å². The lowest BCUT2D eigenvalue weighted by Gasteiger charge is -2.32. The van der Waals surface area contributed by atoms with E-state index in [1.165, 1.54) is 18.9 Å². The van der Waals surface area contributed by atoms with Crippen LogP contribution in [0.15, 0.2) is 23.2 Å². The maximum atomic E-state index is 13.0. The number of guanidine groups is 1. The monoisotopic (exact) mass is 439 g/mol. The number of nitrogens with zero attached hydrogens (tertiary/aromatic N) is 2. The average molecular weight is 439 g/mol. The van der Waals surface area contributed by atoms with Crippen LogP contribution in [-0.2, 0) is 0 Å². The first-order valence-corrected chi connectivity index (χ1v) is 7.63. The average Bonchev–Trinajstić information content (AvgIpc) is 2.52. The van der Waals surface area contributed by atoms with Gasteiger partial charge in [-0.1, -0.05) is 6.92 Å². The van der Waals surface area contributed by atoms with Crippen molar-refractivity contribution < 1.29 is 13.5 Å². The van der Waals surface area contributed by atoms with E-state index in [0.29, 0.717) is 18.9 Å². The lowest BCUT2D eigenvalue weighted by Crippen LogP contribution is -2.46. The number of benzene rings is 1. The zero-order valence-corrected chi connectivity index (χ0v) is 15.8. The number of nitrogens with one attached hydrogen (secondary N) is 1. The van der Waals surface area contributed by atoms with Crippen LogP contribution < -0.4 is 10.1 Å². The molecule has 1 aliphatic heterocycles. The standard InChI is InChI=1S/C16H23F2N3O.HI/c1-12-5-8-21(9-6-12)16(19-2)20-7-10-22-13-3-4-14(17)15(18)11-13;/h3-4,11-12H,5-10H2,1-2H3,(H,19,20);1H. The molecular weight excluding hydrogens is 415 g/mol. The fraction of sp³-hybridized carbons (Fsp3) is 0.562. The van der Waals surface area contributed by atoms with E-state index >= 15 is 0 Å². The van der Waals surface area contributed by atoms with Crippen LogP contribution in [-0.4, -0.2) is 44.1 Å². The molecule has 0 amide bonds. The van der Waals surface area contributed by atoms with E-state index in [0.717, 1.165) is 37.1 Å². The fourth-order valence-electron chi connectivity index (χ4n) is 2.45. The van der Waals surface area contributed by atoms with Crippen molar-refractivity contribution in [2.24, 2.45) is 10.9 Å². The molecule has 0 atom stereocenters. The van der Waals surface area contributed by atoms with Gasteiger partial charge in [-0.2, -0.15) is 0 Å². The normalized spacial score (nSPS) is 16.0. The summed E-state index contributed by atoms with van der Waals surface area (Å²) >= 11 is 0. The summed E-state index contributed by atoms with van der Waals surface area (Å²) in [6, 6.07) is 3.53. The maximum absolute atomic E-state index is 13.0. The topological polar surface area (TPSA) is 36.9 Å². The molecule has 0 unspecified atom stereocenters. The summed E-state index contributed by atoms with van der Waals surface area (Å²) in [5, 5.41) is 3.23. The summed E-state index contributed by atoms with van der Waals surface area (Å²) in [5.41, 5.74) is 0. The third kappa shape index (κ3) is 6.12. The van der Waals surface area contributed by atoms with Gasteiger partial charge in [-0.3, -0.25) is 4.99 Å². The predicted octanol–water partition coefficient (Wildman–Crippen LogP) is 3.27. The summed E-state index contributed by atoms with van der Waals surface area (Å²) < 4.78 is 31.3. The van der Waals surface area contributed by atoms with Gasteiger partial charge in [-0.25, -0.2) is 8.78 Å². The van der Waals surface area contributed by atoms with Gasteiger partial charge in [0.25, 0.3) is 0 Å².